The second kappa shape index (κ2) is 4.70. The van der Waals surface area contributed by atoms with E-state index in [2.05, 4.69) is 5.48 Å². The molecule has 0 radical (unpaired) electrons. The van der Waals surface area contributed by atoms with Crippen molar-refractivity contribution in [1.29, 1.82) is 0 Å². The maximum Gasteiger partial charge on any atom is 0.0587 e. The molecule has 0 amide bonds. The highest BCUT2D eigenvalue weighted by molar-refractivity contribution is 4.75. The minimum atomic E-state index is 0.427. The van der Waals surface area contributed by atoms with Crippen molar-refractivity contribution in [1.82, 2.24) is 5.48 Å². The molecule has 3 nitrogen and oxygen atoms in total. The van der Waals surface area contributed by atoms with E-state index in [0.29, 0.717) is 12.1 Å². The Morgan fingerprint density at radius 2 is 2.09 bits per heavy atom. The van der Waals surface area contributed by atoms with Crippen LogP contribution < -0.4 is 5.48 Å². The van der Waals surface area contributed by atoms with Gasteiger partial charge in [0.15, 0.2) is 0 Å². The second-order valence-corrected chi connectivity index (χ2v) is 3.04. The number of methoxy groups -OCH3 is 1. The van der Waals surface area contributed by atoms with Crippen LogP contribution in [0.2, 0.25) is 0 Å². The zero-order valence-corrected chi connectivity index (χ0v) is 7.30. The minimum Gasteiger partial charge on any atom is -0.381 e. The standard InChI is InChI=1S/C8H17NO2/c1-10-8-5-3-4-7(6-8)9-11-2/h7-9H,3-6H2,1-2H3. The third kappa shape index (κ3) is 2.77. The summed E-state index contributed by atoms with van der Waals surface area (Å²) in [5, 5.41) is 0. The van der Waals surface area contributed by atoms with Crippen molar-refractivity contribution in [3.63, 3.8) is 0 Å². The van der Waals surface area contributed by atoms with E-state index in [1.54, 1.807) is 14.2 Å². The molecule has 0 saturated heterocycles. The van der Waals surface area contributed by atoms with Crippen LogP contribution in [0.5, 0.6) is 0 Å². The third-order valence-corrected chi connectivity index (χ3v) is 2.24. The number of rotatable bonds is 3. The van der Waals surface area contributed by atoms with E-state index in [1.165, 1.54) is 19.3 Å². The monoisotopic (exact) mass is 159 g/mol. The molecule has 1 aliphatic rings. The summed E-state index contributed by atoms with van der Waals surface area (Å²) in [4.78, 5) is 4.87. The third-order valence-electron chi connectivity index (χ3n) is 2.24. The van der Waals surface area contributed by atoms with Crippen LogP contribution in [0.4, 0.5) is 0 Å². The van der Waals surface area contributed by atoms with Crippen LogP contribution in [0.25, 0.3) is 0 Å². The largest absolute Gasteiger partial charge is 0.381 e. The molecular formula is C8H17NO2. The van der Waals surface area contributed by atoms with Crippen molar-refractivity contribution < 1.29 is 9.57 Å². The summed E-state index contributed by atoms with van der Waals surface area (Å²) in [6, 6.07) is 0.485. The molecule has 0 spiro atoms. The van der Waals surface area contributed by atoms with Gasteiger partial charge in [0, 0.05) is 13.2 Å². The maximum absolute atomic E-state index is 5.27. The van der Waals surface area contributed by atoms with Gasteiger partial charge in [0.1, 0.15) is 0 Å². The molecule has 0 aromatic heterocycles. The first kappa shape index (κ1) is 8.97. The summed E-state index contributed by atoms with van der Waals surface area (Å²) in [5.41, 5.74) is 2.97. The highest BCUT2D eigenvalue weighted by atomic mass is 16.6. The van der Waals surface area contributed by atoms with Crippen molar-refractivity contribution in [2.45, 2.75) is 37.8 Å². The Labute approximate surface area is 68.0 Å². The molecular weight excluding hydrogens is 142 g/mol. The first-order valence-electron chi connectivity index (χ1n) is 4.18. The van der Waals surface area contributed by atoms with Gasteiger partial charge in [-0.3, -0.25) is 0 Å². The average molecular weight is 159 g/mol. The summed E-state index contributed by atoms with van der Waals surface area (Å²) in [6.45, 7) is 0. The van der Waals surface area contributed by atoms with Gasteiger partial charge in [-0.05, 0) is 25.7 Å². The quantitative estimate of drug-likeness (QED) is 0.625. The van der Waals surface area contributed by atoms with Gasteiger partial charge in [0.2, 0.25) is 0 Å². The van der Waals surface area contributed by atoms with Crippen LogP contribution in [-0.2, 0) is 9.57 Å². The van der Waals surface area contributed by atoms with Gasteiger partial charge >= 0.3 is 0 Å². The van der Waals surface area contributed by atoms with Crippen LogP contribution in [0.1, 0.15) is 25.7 Å². The minimum absolute atomic E-state index is 0.427. The molecule has 66 valence electrons. The summed E-state index contributed by atoms with van der Waals surface area (Å²) < 4.78 is 5.27. The van der Waals surface area contributed by atoms with Crippen molar-refractivity contribution in [3.05, 3.63) is 0 Å². The molecule has 11 heavy (non-hydrogen) atoms. The number of hydrogen-bond donors (Lipinski definition) is 1. The van der Waals surface area contributed by atoms with E-state index < -0.39 is 0 Å². The van der Waals surface area contributed by atoms with Crippen LogP contribution in [0.3, 0.4) is 0 Å². The zero-order valence-electron chi connectivity index (χ0n) is 7.30. The first-order valence-corrected chi connectivity index (χ1v) is 4.18. The molecule has 0 aliphatic heterocycles. The van der Waals surface area contributed by atoms with E-state index in [4.69, 9.17) is 9.57 Å². The molecule has 2 unspecified atom stereocenters. The maximum atomic E-state index is 5.27. The second-order valence-electron chi connectivity index (χ2n) is 3.04. The Morgan fingerprint density at radius 3 is 2.73 bits per heavy atom. The van der Waals surface area contributed by atoms with Gasteiger partial charge in [0.25, 0.3) is 0 Å². The Kier molecular flexibility index (Phi) is 3.83. The molecule has 1 aliphatic carbocycles. The van der Waals surface area contributed by atoms with Crippen LogP contribution in [0, 0.1) is 0 Å². The lowest BCUT2D eigenvalue weighted by atomic mass is 9.93. The first-order chi connectivity index (χ1) is 5.36. The summed E-state index contributed by atoms with van der Waals surface area (Å²) in [7, 11) is 3.44. The van der Waals surface area contributed by atoms with E-state index >= 15 is 0 Å². The number of nitrogens with one attached hydrogen (secondary N) is 1. The molecule has 0 bridgehead atoms. The predicted octanol–water partition coefficient (Wildman–Crippen LogP) is 1.09. The molecule has 0 aromatic rings. The molecule has 1 N–H and O–H groups in total. The fraction of sp³-hybridized carbons (Fsp3) is 1.00. The SMILES string of the molecule is CONC1CCCC(OC)C1. The Bertz CT molecular complexity index is 106. The summed E-state index contributed by atoms with van der Waals surface area (Å²) in [5.74, 6) is 0. The molecule has 1 fully saturated rings. The van der Waals surface area contributed by atoms with Gasteiger partial charge in [-0.2, -0.15) is 5.48 Å². The van der Waals surface area contributed by atoms with Crippen LogP contribution in [0.15, 0.2) is 0 Å². The number of ether oxygens (including phenoxy) is 1. The topological polar surface area (TPSA) is 30.5 Å². The van der Waals surface area contributed by atoms with Gasteiger partial charge in [0.05, 0.1) is 13.2 Å². The van der Waals surface area contributed by atoms with Gasteiger partial charge < -0.3 is 9.57 Å². The fourth-order valence-corrected chi connectivity index (χ4v) is 1.63. The average Bonchev–Trinajstić information content (AvgIpc) is 2.06. The van der Waals surface area contributed by atoms with Crippen molar-refractivity contribution in [2.75, 3.05) is 14.2 Å². The summed E-state index contributed by atoms with van der Waals surface area (Å²) >= 11 is 0. The highest BCUT2D eigenvalue weighted by Gasteiger charge is 2.20. The van der Waals surface area contributed by atoms with Gasteiger partial charge in [-0.15, -0.1) is 0 Å². The van der Waals surface area contributed by atoms with E-state index in [0.717, 1.165) is 6.42 Å². The predicted molar refractivity (Wildman–Crippen MR) is 43.2 cm³/mol. The van der Waals surface area contributed by atoms with Crippen LogP contribution >= 0.6 is 0 Å². The normalized spacial score (nSPS) is 32.2. The lowest BCUT2D eigenvalue weighted by Crippen LogP contribution is -2.35. The highest BCUT2D eigenvalue weighted by Crippen LogP contribution is 2.20. The number of hydroxylamine groups is 1. The Morgan fingerprint density at radius 1 is 1.27 bits per heavy atom. The molecule has 1 saturated carbocycles. The van der Waals surface area contributed by atoms with E-state index in [9.17, 15) is 0 Å². The number of hydrogen-bond acceptors (Lipinski definition) is 3. The van der Waals surface area contributed by atoms with Gasteiger partial charge in [-0.1, -0.05) is 0 Å². The lowest BCUT2D eigenvalue weighted by molar-refractivity contribution is 0.00353. The fourth-order valence-electron chi connectivity index (χ4n) is 1.63. The summed E-state index contributed by atoms with van der Waals surface area (Å²) in [6.07, 6.45) is 5.13. The molecule has 1 rings (SSSR count). The molecule has 0 heterocycles. The smallest absolute Gasteiger partial charge is 0.0587 e. The Hall–Kier alpha value is -0.120. The molecule has 2 atom stereocenters. The van der Waals surface area contributed by atoms with Crippen molar-refractivity contribution >= 4 is 0 Å². The van der Waals surface area contributed by atoms with Crippen molar-refractivity contribution in [2.24, 2.45) is 0 Å². The molecule has 0 aromatic carbocycles. The van der Waals surface area contributed by atoms with Crippen LogP contribution in [-0.4, -0.2) is 26.4 Å². The van der Waals surface area contributed by atoms with Crippen molar-refractivity contribution in [3.8, 4) is 0 Å². The Balaban J connectivity index is 2.21. The molecule has 3 heteroatoms. The van der Waals surface area contributed by atoms with Gasteiger partial charge in [-0.25, -0.2) is 0 Å². The van der Waals surface area contributed by atoms with E-state index in [-0.39, 0.29) is 0 Å². The zero-order chi connectivity index (χ0) is 8.10. The lowest BCUT2D eigenvalue weighted by Gasteiger charge is -2.27. The van der Waals surface area contributed by atoms with E-state index in [1.807, 2.05) is 0 Å².